The Labute approximate surface area is 151 Å². The number of aryl methyl sites for hydroxylation is 2. The van der Waals surface area contributed by atoms with Crippen LogP contribution in [0.4, 0.5) is 0 Å². The summed E-state index contributed by atoms with van der Waals surface area (Å²) in [5.74, 6) is -0.888. The topological polar surface area (TPSA) is 104 Å². The Morgan fingerprint density at radius 3 is 2.54 bits per heavy atom. The first-order chi connectivity index (χ1) is 12.3. The predicted molar refractivity (Wildman–Crippen MR) is 92.7 cm³/mol. The average molecular weight is 358 g/mol. The molecule has 7 heteroatoms. The summed E-state index contributed by atoms with van der Waals surface area (Å²) in [6.07, 6.45) is -0.800. The average Bonchev–Trinajstić information content (AvgIpc) is 2.95. The number of hydrogen-bond acceptors (Lipinski definition) is 5. The highest BCUT2D eigenvalue weighted by molar-refractivity contribution is 5.92. The zero-order valence-electron chi connectivity index (χ0n) is 14.8. The molecule has 0 aliphatic carbocycles. The number of carboxylic acids is 1. The highest BCUT2D eigenvalue weighted by atomic mass is 16.4. The van der Waals surface area contributed by atoms with Crippen LogP contribution in [0, 0.1) is 19.3 Å². The molecule has 0 unspecified atom stereocenters. The maximum atomic E-state index is 12.7. The highest BCUT2D eigenvalue weighted by Gasteiger charge is 2.49. The van der Waals surface area contributed by atoms with E-state index in [1.54, 1.807) is 13.8 Å². The third-order valence-electron chi connectivity index (χ3n) is 5.03. The fourth-order valence-corrected chi connectivity index (χ4v) is 3.53. The molecule has 3 rings (SSSR count). The fourth-order valence-electron chi connectivity index (χ4n) is 3.53. The van der Waals surface area contributed by atoms with Gasteiger partial charge < -0.3 is 19.5 Å². The number of rotatable bonds is 4. The van der Waals surface area contributed by atoms with Gasteiger partial charge in [0.15, 0.2) is 5.89 Å². The number of hydrogen-bond donors (Lipinski definition) is 2. The molecule has 1 fully saturated rings. The van der Waals surface area contributed by atoms with Gasteiger partial charge in [-0.1, -0.05) is 30.3 Å². The van der Waals surface area contributed by atoms with Crippen LogP contribution in [0.3, 0.4) is 0 Å². The van der Waals surface area contributed by atoms with Crippen molar-refractivity contribution in [3.8, 4) is 0 Å². The van der Waals surface area contributed by atoms with E-state index in [-0.39, 0.29) is 37.6 Å². The molecule has 1 amide bonds. The molecule has 0 radical (unpaired) electrons. The van der Waals surface area contributed by atoms with Crippen molar-refractivity contribution in [2.75, 3.05) is 13.1 Å². The summed E-state index contributed by atoms with van der Waals surface area (Å²) >= 11 is 0. The molecule has 26 heavy (non-hydrogen) atoms. The van der Waals surface area contributed by atoms with Crippen LogP contribution in [-0.4, -0.2) is 51.2 Å². The molecule has 0 spiro atoms. The maximum Gasteiger partial charge on any atom is 0.312 e. The van der Waals surface area contributed by atoms with E-state index < -0.39 is 17.5 Å². The molecule has 1 aliphatic heterocycles. The number of oxazole rings is 1. The number of amides is 1. The molecular formula is C19H22N2O5. The second kappa shape index (κ2) is 6.92. The molecule has 2 N–H and O–H groups in total. The van der Waals surface area contributed by atoms with Gasteiger partial charge >= 0.3 is 5.97 Å². The quantitative estimate of drug-likeness (QED) is 0.864. The van der Waals surface area contributed by atoms with Crippen LogP contribution in [-0.2, 0) is 11.2 Å². The van der Waals surface area contributed by atoms with Crippen LogP contribution < -0.4 is 0 Å². The van der Waals surface area contributed by atoms with E-state index in [9.17, 15) is 19.8 Å². The third-order valence-corrected chi connectivity index (χ3v) is 5.03. The summed E-state index contributed by atoms with van der Waals surface area (Å²) in [6, 6.07) is 9.22. The number of aliphatic carboxylic acids is 1. The van der Waals surface area contributed by atoms with Gasteiger partial charge in [-0.15, -0.1) is 0 Å². The first-order valence-corrected chi connectivity index (χ1v) is 8.52. The van der Waals surface area contributed by atoms with Gasteiger partial charge in [0.1, 0.15) is 5.41 Å². The first kappa shape index (κ1) is 18.1. The largest absolute Gasteiger partial charge is 0.481 e. The van der Waals surface area contributed by atoms with Gasteiger partial charge in [-0.3, -0.25) is 9.59 Å². The number of piperidine rings is 1. The number of aliphatic hydroxyl groups excluding tert-OH is 1. The van der Waals surface area contributed by atoms with E-state index >= 15 is 0 Å². The normalized spacial score (nSPS) is 23.0. The standard InChI is InChI=1S/C19H22N2O5/c1-12-16(26-13(2)20-12)17(23)21-9-8-19(18(24)25,15(22)11-21)10-14-6-4-3-5-7-14/h3-7,15,22H,8-11H2,1-2H3,(H,24,25)/t15-,19-/m1/s1. The van der Waals surface area contributed by atoms with Crippen LogP contribution >= 0.6 is 0 Å². The van der Waals surface area contributed by atoms with Gasteiger partial charge in [0.2, 0.25) is 5.76 Å². The van der Waals surface area contributed by atoms with Crippen molar-refractivity contribution in [2.45, 2.75) is 32.8 Å². The van der Waals surface area contributed by atoms with Gasteiger partial charge in [0.05, 0.1) is 11.8 Å². The zero-order chi connectivity index (χ0) is 18.9. The number of likely N-dealkylation sites (tertiary alicyclic amines) is 1. The Hall–Kier alpha value is -2.67. The number of benzene rings is 1. The molecule has 2 aromatic rings. The summed E-state index contributed by atoms with van der Waals surface area (Å²) < 4.78 is 5.36. The maximum absolute atomic E-state index is 12.7. The van der Waals surface area contributed by atoms with Crippen molar-refractivity contribution >= 4 is 11.9 Å². The number of nitrogens with zero attached hydrogens (tertiary/aromatic N) is 2. The van der Waals surface area contributed by atoms with Gasteiger partial charge in [-0.05, 0) is 25.3 Å². The van der Waals surface area contributed by atoms with Gasteiger partial charge in [-0.25, -0.2) is 4.98 Å². The SMILES string of the molecule is Cc1nc(C)c(C(=O)N2CC[C@](Cc3ccccc3)(C(=O)O)[C@H](O)C2)o1. The molecule has 0 saturated carbocycles. The van der Waals surface area contributed by atoms with Crippen molar-refractivity contribution < 1.29 is 24.2 Å². The summed E-state index contributed by atoms with van der Waals surface area (Å²) in [7, 11) is 0. The molecule has 2 atom stereocenters. The number of β-amino-alcohol motifs (C(OH)–C–C–N with tert-alkyl or cyclic N) is 1. The van der Waals surface area contributed by atoms with Gasteiger partial charge in [-0.2, -0.15) is 0 Å². The van der Waals surface area contributed by atoms with E-state index in [1.807, 2.05) is 30.3 Å². The summed E-state index contributed by atoms with van der Waals surface area (Å²) in [6.45, 7) is 3.51. The molecule has 7 nitrogen and oxygen atoms in total. The van der Waals surface area contributed by atoms with Crippen LogP contribution in [0.15, 0.2) is 34.7 Å². The van der Waals surface area contributed by atoms with Crippen LogP contribution in [0.5, 0.6) is 0 Å². The minimum absolute atomic E-state index is 0.0584. The first-order valence-electron chi connectivity index (χ1n) is 8.52. The number of carbonyl (C=O) groups is 2. The van der Waals surface area contributed by atoms with Crippen LogP contribution in [0.2, 0.25) is 0 Å². The Morgan fingerprint density at radius 1 is 1.31 bits per heavy atom. The minimum atomic E-state index is -1.31. The van der Waals surface area contributed by atoms with Crippen molar-refractivity contribution in [2.24, 2.45) is 5.41 Å². The third kappa shape index (κ3) is 3.22. The second-order valence-electron chi connectivity index (χ2n) is 6.79. The minimum Gasteiger partial charge on any atom is -0.481 e. The molecule has 0 bridgehead atoms. The Balaban J connectivity index is 1.80. The van der Waals surface area contributed by atoms with Gasteiger partial charge in [0, 0.05) is 20.0 Å². The summed E-state index contributed by atoms with van der Waals surface area (Å²) in [5.41, 5.74) is 0.0154. The van der Waals surface area contributed by atoms with Crippen LogP contribution in [0.25, 0.3) is 0 Å². The Kier molecular flexibility index (Phi) is 4.82. The molecule has 1 saturated heterocycles. The van der Waals surface area contributed by atoms with E-state index in [0.717, 1.165) is 5.56 Å². The lowest BCUT2D eigenvalue weighted by Gasteiger charge is -2.42. The summed E-state index contributed by atoms with van der Waals surface area (Å²) in [4.78, 5) is 30.2. The monoisotopic (exact) mass is 358 g/mol. The lowest BCUT2D eigenvalue weighted by Crippen LogP contribution is -2.57. The molecule has 1 aromatic heterocycles. The molecule has 1 aliphatic rings. The lowest BCUT2D eigenvalue weighted by molar-refractivity contribution is -0.161. The number of aromatic nitrogens is 1. The molecular weight excluding hydrogens is 336 g/mol. The number of carboxylic acid groups (broad SMARTS) is 1. The lowest BCUT2D eigenvalue weighted by atomic mass is 9.71. The van der Waals surface area contributed by atoms with Crippen molar-refractivity contribution in [1.82, 2.24) is 9.88 Å². The van der Waals surface area contributed by atoms with Crippen molar-refractivity contribution in [1.29, 1.82) is 0 Å². The van der Waals surface area contributed by atoms with Crippen LogP contribution in [0.1, 0.15) is 34.1 Å². The number of carbonyl (C=O) groups excluding carboxylic acids is 1. The molecule has 1 aromatic carbocycles. The smallest absolute Gasteiger partial charge is 0.312 e. The van der Waals surface area contributed by atoms with E-state index in [4.69, 9.17) is 4.42 Å². The Bertz CT molecular complexity index is 817. The van der Waals surface area contributed by atoms with E-state index in [2.05, 4.69) is 4.98 Å². The van der Waals surface area contributed by atoms with E-state index in [1.165, 1.54) is 4.90 Å². The number of aliphatic hydroxyl groups is 1. The zero-order valence-corrected chi connectivity index (χ0v) is 14.8. The van der Waals surface area contributed by atoms with Crippen molar-refractivity contribution in [3.05, 3.63) is 53.2 Å². The van der Waals surface area contributed by atoms with Crippen molar-refractivity contribution in [3.63, 3.8) is 0 Å². The molecule has 138 valence electrons. The fraction of sp³-hybridized carbons (Fsp3) is 0.421. The molecule has 2 heterocycles. The summed E-state index contributed by atoms with van der Waals surface area (Å²) in [5, 5.41) is 20.5. The Morgan fingerprint density at radius 2 is 2.00 bits per heavy atom. The second-order valence-corrected chi connectivity index (χ2v) is 6.79. The van der Waals surface area contributed by atoms with E-state index in [0.29, 0.717) is 11.6 Å². The van der Waals surface area contributed by atoms with Gasteiger partial charge in [0.25, 0.3) is 5.91 Å². The predicted octanol–water partition coefficient (Wildman–Crippen LogP) is 1.81. The highest BCUT2D eigenvalue weighted by Crippen LogP contribution is 2.36.